The molecule has 0 atom stereocenters. The molecule has 0 radical (unpaired) electrons. The average Bonchev–Trinajstić information content (AvgIpc) is 3.37. The summed E-state index contributed by atoms with van der Waals surface area (Å²) in [6.45, 7) is 13.0. The van der Waals surface area contributed by atoms with Crippen LogP contribution in [0.3, 0.4) is 0 Å². The summed E-state index contributed by atoms with van der Waals surface area (Å²) in [6, 6.07) is 26.5. The van der Waals surface area contributed by atoms with E-state index in [0.29, 0.717) is 28.9 Å². The molecule has 0 bridgehead atoms. The molecule has 0 aliphatic heterocycles. The minimum Gasteiger partial charge on any atom is -0.434 e. The second-order valence-corrected chi connectivity index (χ2v) is 13.6. The van der Waals surface area contributed by atoms with Crippen LogP contribution in [0.4, 0.5) is 8.78 Å². The van der Waals surface area contributed by atoms with Crippen LogP contribution in [0.15, 0.2) is 78.9 Å². The van der Waals surface area contributed by atoms with Gasteiger partial charge in [-0.2, -0.15) is 8.78 Å². The third kappa shape index (κ3) is 7.76. The van der Waals surface area contributed by atoms with Gasteiger partial charge in [0, 0.05) is 28.7 Å². The lowest BCUT2D eigenvalue weighted by atomic mass is 10.1. The number of unbranched alkanes of at least 4 members (excludes halogenated alkanes) is 1. The molecule has 0 fully saturated rings. The fraction of sp³-hybridized carbons (Fsp3) is 0.359. The molecule has 0 saturated carbocycles. The van der Waals surface area contributed by atoms with Crippen molar-refractivity contribution in [1.29, 1.82) is 0 Å². The SMILES string of the molecule is CC[N+](CC)(CCCCN(Cc1ccc2ccccc2c1)C(=O)c1sc2cccc(OC(F)F)c2c1C)Cc1cc(C)cc(C)c1. The summed E-state index contributed by atoms with van der Waals surface area (Å²) in [6.07, 6.45) is 1.86. The third-order valence-electron chi connectivity index (χ3n) is 9.25. The Morgan fingerprint density at radius 1 is 0.848 bits per heavy atom. The summed E-state index contributed by atoms with van der Waals surface area (Å²) in [7, 11) is 0. The standard InChI is InChI=1S/C39H45F2N2O2S/c1-6-43(7-2,26-31-22-27(3)21-28(4)23-31)20-11-10-19-42(25-30-17-18-32-13-8-9-14-33(32)24-30)38(44)37-29(5)36-34(45-39(40)41)15-12-16-35(36)46-37/h8-9,12-18,21-24,39H,6-7,10-11,19-20,25-26H2,1-5H3/q+1. The first-order valence-electron chi connectivity index (χ1n) is 16.3. The zero-order valence-corrected chi connectivity index (χ0v) is 28.4. The molecule has 5 rings (SSSR count). The molecule has 1 heterocycles. The van der Waals surface area contributed by atoms with Crippen LogP contribution in [-0.2, 0) is 13.1 Å². The Kier molecular flexibility index (Phi) is 10.7. The number of carbonyl (C=O) groups is 1. The van der Waals surface area contributed by atoms with Crippen LogP contribution in [0.2, 0.25) is 0 Å². The van der Waals surface area contributed by atoms with Crippen molar-refractivity contribution < 1.29 is 22.8 Å². The molecule has 1 amide bonds. The maximum atomic E-state index is 14.3. The van der Waals surface area contributed by atoms with Crippen LogP contribution in [0, 0.1) is 20.8 Å². The highest BCUT2D eigenvalue weighted by Crippen LogP contribution is 2.38. The Hall–Kier alpha value is -3.81. The highest BCUT2D eigenvalue weighted by Gasteiger charge is 2.26. The highest BCUT2D eigenvalue weighted by molar-refractivity contribution is 7.21. The average molecular weight is 644 g/mol. The van der Waals surface area contributed by atoms with Crippen molar-refractivity contribution in [1.82, 2.24) is 4.90 Å². The van der Waals surface area contributed by atoms with E-state index < -0.39 is 6.61 Å². The second-order valence-electron chi connectivity index (χ2n) is 12.5. The van der Waals surface area contributed by atoms with Crippen molar-refractivity contribution in [2.75, 3.05) is 26.2 Å². The van der Waals surface area contributed by atoms with Gasteiger partial charge in [0.15, 0.2) is 0 Å². The molecule has 0 aliphatic rings. The van der Waals surface area contributed by atoms with Crippen molar-refractivity contribution in [3.63, 3.8) is 0 Å². The molecule has 4 aromatic carbocycles. The predicted octanol–water partition coefficient (Wildman–Crippen LogP) is 10.1. The van der Waals surface area contributed by atoms with Crippen LogP contribution >= 0.6 is 11.3 Å². The smallest absolute Gasteiger partial charge is 0.387 e. The van der Waals surface area contributed by atoms with E-state index >= 15 is 0 Å². The number of benzene rings is 4. The van der Waals surface area contributed by atoms with Crippen LogP contribution in [0.5, 0.6) is 5.75 Å². The number of ether oxygens (including phenoxy) is 1. The second kappa shape index (κ2) is 14.7. The van der Waals surface area contributed by atoms with Gasteiger partial charge in [-0.05, 0) is 87.6 Å². The van der Waals surface area contributed by atoms with Crippen molar-refractivity contribution >= 4 is 38.1 Å². The lowest BCUT2D eigenvalue weighted by Crippen LogP contribution is -2.47. The van der Waals surface area contributed by atoms with Gasteiger partial charge in [-0.15, -0.1) is 11.3 Å². The topological polar surface area (TPSA) is 29.5 Å². The Balaban J connectivity index is 1.38. The highest BCUT2D eigenvalue weighted by atomic mass is 32.1. The fourth-order valence-corrected chi connectivity index (χ4v) is 7.95. The van der Waals surface area contributed by atoms with Gasteiger partial charge in [0.2, 0.25) is 0 Å². The van der Waals surface area contributed by atoms with Crippen LogP contribution in [-0.4, -0.2) is 48.1 Å². The van der Waals surface area contributed by atoms with E-state index in [0.717, 1.165) is 64.5 Å². The molecule has 46 heavy (non-hydrogen) atoms. The van der Waals surface area contributed by atoms with Crippen molar-refractivity contribution in [3.8, 4) is 5.75 Å². The molecule has 0 spiro atoms. The lowest BCUT2D eigenvalue weighted by Gasteiger charge is -2.37. The van der Waals surface area contributed by atoms with E-state index in [-0.39, 0.29) is 11.7 Å². The molecule has 0 aliphatic carbocycles. The molecule has 1 aromatic heterocycles. The van der Waals surface area contributed by atoms with Gasteiger partial charge in [0.25, 0.3) is 5.91 Å². The normalized spacial score (nSPS) is 11.9. The Morgan fingerprint density at radius 2 is 1.57 bits per heavy atom. The van der Waals surface area contributed by atoms with E-state index in [2.05, 4.69) is 76.2 Å². The van der Waals surface area contributed by atoms with Gasteiger partial charge < -0.3 is 14.1 Å². The zero-order valence-electron chi connectivity index (χ0n) is 27.6. The summed E-state index contributed by atoms with van der Waals surface area (Å²) < 4.78 is 33.0. The molecule has 0 saturated heterocycles. The Morgan fingerprint density at radius 3 is 2.26 bits per heavy atom. The van der Waals surface area contributed by atoms with Crippen molar-refractivity contribution in [2.45, 2.75) is 67.2 Å². The largest absolute Gasteiger partial charge is 0.434 e. The van der Waals surface area contributed by atoms with E-state index in [9.17, 15) is 13.6 Å². The number of thiophene rings is 1. The summed E-state index contributed by atoms with van der Waals surface area (Å²) >= 11 is 1.35. The Labute approximate surface area is 275 Å². The summed E-state index contributed by atoms with van der Waals surface area (Å²) in [5.74, 6) is 0.0373. The first kappa shape index (κ1) is 33.6. The number of amides is 1. The van der Waals surface area contributed by atoms with Crippen LogP contribution < -0.4 is 4.74 Å². The number of hydrogen-bond acceptors (Lipinski definition) is 3. The molecule has 0 unspecified atom stereocenters. The van der Waals surface area contributed by atoms with E-state index in [1.165, 1.54) is 28.0 Å². The fourth-order valence-electron chi connectivity index (χ4n) is 6.76. The zero-order chi connectivity index (χ0) is 32.8. The quantitative estimate of drug-likeness (QED) is 0.0890. The number of hydrogen-bond donors (Lipinski definition) is 0. The predicted molar refractivity (Wildman–Crippen MR) is 187 cm³/mol. The van der Waals surface area contributed by atoms with Gasteiger partial charge in [0.05, 0.1) is 24.5 Å². The first-order valence-corrected chi connectivity index (χ1v) is 17.1. The minimum absolute atomic E-state index is 0.0724. The third-order valence-corrected chi connectivity index (χ3v) is 10.5. The number of fused-ring (bicyclic) bond motifs is 2. The van der Waals surface area contributed by atoms with Gasteiger partial charge in [-0.25, -0.2) is 0 Å². The number of alkyl halides is 2. The van der Waals surface area contributed by atoms with E-state index in [1.54, 1.807) is 12.1 Å². The van der Waals surface area contributed by atoms with Gasteiger partial charge in [-0.1, -0.05) is 71.8 Å². The van der Waals surface area contributed by atoms with Gasteiger partial charge in [0.1, 0.15) is 12.3 Å². The molecule has 242 valence electrons. The van der Waals surface area contributed by atoms with Gasteiger partial charge in [-0.3, -0.25) is 4.79 Å². The van der Waals surface area contributed by atoms with Crippen molar-refractivity contribution in [2.24, 2.45) is 0 Å². The number of halogens is 2. The molecule has 7 heteroatoms. The minimum atomic E-state index is -2.93. The molecule has 5 aromatic rings. The number of aryl methyl sites for hydroxylation is 3. The number of carbonyl (C=O) groups excluding carboxylic acids is 1. The van der Waals surface area contributed by atoms with Gasteiger partial charge >= 0.3 is 6.61 Å². The molecular formula is C39H45F2N2O2S+. The molecular weight excluding hydrogens is 599 g/mol. The lowest BCUT2D eigenvalue weighted by molar-refractivity contribution is -0.938. The number of nitrogens with zero attached hydrogens (tertiary/aromatic N) is 2. The van der Waals surface area contributed by atoms with E-state index in [4.69, 9.17) is 4.74 Å². The first-order chi connectivity index (χ1) is 22.1. The van der Waals surface area contributed by atoms with Crippen LogP contribution in [0.1, 0.15) is 64.2 Å². The Bertz CT molecular complexity index is 1790. The monoisotopic (exact) mass is 643 g/mol. The van der Waals surface area contributed by atoms with Crippen molar-refractivity contribution in [3.05, 3.63) is 112 Å². The number of rotatable bonds is 14. The number of quaternary nitrogens is 1. The maximum Gasteiger partial charge on any atom is 0.387 e. The summed E-state index contributed by atoms with van der Waals surface area (Å²) in [5.41, 5.74) is 5.73. The molecule has 4 nitrogen and oxygen atoms in total. The molecule has 0 N–H and O–H groups in total. The van der Waals surface area contributed by atoms with E-state index in [1.807, 2.05) is 30.0 Å². The maximum absolute atomic E-state index is 14.3. The van der Waals surface area contributed by atoms with Crippen LogP contribution in [0.25, 0.3) is 20.9 Å². The summed E-state index contributed by atoms with van der Waals surface area (Å²) in [4.78, 5) is 16.8. The summed E-state index contributed by atoms with van der Waals surface area (Å²) in [5, 5.41) is 2.88.